The third-order valence-corrected chi connectivity index (χ3v) is 2.50. The molecule has 0 saturated heterocycles. The Balaban J connectivity index is 3.36. The summed E-state index contributed by atoms with van der Waals surface area (Å²) in [5.41, 5.74) is 0.409. The second-order valence-corrected chi connectivity index (χ2v) is 4.01. The number of hydrogen-bond acceptors (Lipinski definition) is 3. The van der Waals surface area contributed by atoms with E-state index < -0.39 is 17.9 Å². The third kappa shape index (κ3) is 2.74. The molecule has 0 bridgehead atoms. The molecule has 0 radical (unpaired) electrons. The highest BCUT2D eigenvalue weighted by Crippen LogP contribution is 2.31. The van der Waals surface area contributed by atoms with Crippen molar-refractivity contribution in [2.24, 2.45) is 0 Å². The SMILES string of the molecule is COc1cc(F)c(C(C)C)cc1C(O)C(=O)O. The van der Waals surface area contributed by atoms with E-state index in [0.29, 0.717) is 5.56 Å². The van der Waals surface area contributed by atoms with E-state index in [2.05, 4.69) is 0 Å². The number of carbonyl (C=O) groups is 1. The molecule has 4 nitrogen and oxygen atoms in total. The number of carboxylic acid groups (broad SMARTS) is 1. The highest BCUT2D eigenvalue weighted by Gasteiger charge is 2.23. The summed E-state index contributed by atoms with van der Waals surface area (Å²) in [7, 11) is 1.29. The quantitative estimate of drug-likeness (QED) is 0.848. The van der Waals surface area contributed by atoms with Gasteiger partial charge in [-0.3, -0.25) is 0 Å². The Morgan fingerprint density at radius 2 is 1.94 bits per heavy atom. The molecule has 1 atom stereocenters. The second-order valence-electron chi connectivity index (χ2n) is 4.01. The molecule has 17 heavy (non-hydrogen) atoms. The van der Waals surface area contributed by atoms with Crippen LogP contribution in [0.15, 0.2) is 12.1 Å². The van der Waals surface area contributed by atoms with Gasteiger partial charge in [-0.2, -0.15) is 0 Å². The molecule has 0 aliphatic carbocycles. The molecule has 0 saturated carbocycles. The highest BCUT2D eigenvalue weighted by molar-refractivity contribution is 5.75. The number of aliphatic hydroxyl groups is 1. The minimum atomic E-state index is -1.72. The Morgan fingerprint density at radius 1 is 1.35 bits per heavy atom. The lowest BCUT2D eigenvalue weighted by molar-refractivity contribution is -0.147. The van der Waals surface area contributed by atoms with E-state index in [1.807, 2.05) is 0 Å². The number of halogens is 1. The predicted octanol–water partition coefficient (Wildman–Crippen LogP) is 2.08. The molecule has 1 aromatic carbocycles. The van der Waals surface area contributed by atoms with Gasteiger partial charge in [0.15, 0.2) is 6.10 Å². The van der Waals surface area contributed by atoms with Gasteiger partial charge in [0.25, 0.3) is 0 Å². The first kappa shape index (κ1) is 13.4. The van der Waals surface area contributed by atoms with Crippen molar-refractivity contribution in [3.05, 3.63) is 29.1 Å². The fourth-order valence-electron chi connectivity index (χ4n) is 1.56. The van der Waals surface area contributed by atoms with Crippen LogP contribution >= 0.6 is 0 Å². The zero-order chi connectivity index (χ0) is 13.2. The normalized spacial score (nSPS) is 12.6. The lowest BCUT2D eigenvalue weighted by atomic mass is 9.97. The number of rotatable bonds is 4. The average Bonchev–Trinajstić information content (AvgIpc) is 2.26. The lowest BCUT2D eigenvalue weighted by Gasteiger charge is -2.15. The van der Waals surface area contributed by atoms with Gasteiger partial charge in [-0.15, -0.1) is 0 Å². The summed E-state index contributed by atoms with van der Waals surface area (Å²) in [5, 5.41) is 18.3. The fraction of sp³-hybridized carbons (Fsp3) is 0.417. The molecule has 1 aromatic rings. The number of hydrogen-bond donors (Lipinski definition) is 2. The van der Waals surface area contributed by atoms with E-state index in [0.717, 1.165) is 6.07 Å². The van der Waals surface area contributed by atoms with Gasteiger partial charge < -0.3 is 14.9 Å². The Morgan fingerprint density at radius 3 is 2.35 bits per heavy atom. The first-order chi connectivity index (χ1) is 7.88. The van der Waals surface area contributed by atoms with E-state index in [9.17, 15) is 14.3 Å². The summed E-state index contributed by atoms with van der Waals surface area (Å²) >= 11 is 0. The van der Waals surface area contributed by atoms with Crippen LogP contribution in [0.3, 0.4) is 0 Å². The Labute approximate surface area is 98.7 Å². The maximum absolute atomic E-state index is 13.6. The van der Waals surface area contributed by atoms with E-state index in [-0.39, 0.29) is 17.2 Å². The van der Waals surface area contributed by atoms with Crippen molar-refractivity contribution >= 4 is 5.97 Å². The van der Waals surface area contributed by atoms with Gasteiger partial charge in [-0.1, -0.05) is 13.8 Å². The topological polar surface area (TPSA) is 66.8 Å². The van der Waals surface area contributed by atoms with Gasteiger partial charge in [0.2, 0.25) is 0 Å². The molecule has 94 valence electrons. The Kier molecular flexibility index (Phi) is 4.07. The fourth-order valence-corrected chi connectivity index (χ4v) is 1.56. The molecule has 1 unspecified atom stereocenters. The van der Waals surface area contributed by atoms with Crippen molar-refractivity contribution in [2.45, 2.75) is 25.9 Å². The molecule has 1 rings (SSSR count). The van der Waals surface area contributed by atoms with Crippen molar-refractivity contribution in [2.75, 3.05) is 7.11 Å². The zero-order valence-corrected chi connectivity index (χ0v) is 9.90. The van der Waals surface area contributed by atoms with Gasteiger partial charge in [-0.05, 0) is 17.5 Å². The molecule has 2 N–H and O–H groups in total. The monoisotopic (exact) mass is 242 g/mol. The largest absolute Gasteiger partial charge is 0.496 e. The minimum absolute atomic E-state index is 0.0294. The Hall–Kier alpha value is -1.62. The summed E-state index contributed by atoms with van der Waals surface area (Å²) in [6.07, 6.45) is -1.72. The summed E-state index contributed by atoms with van der Waals surface area (Å²) in [5.74, 6) is -1.95. The summed E-state index contributed by atoms with van der Waals surface area (Å²) in [4.78, 5) is 10.7. The zero-order valence-electron chi connectivity index (χ0n) is 9.90. The number of carboxylic acids is 1. The van der Waals surface area contributed by atoms with Crippen LogP contribution in [-0.2, 0) is 4.79 Å². The van der Waals surface area contributed by atoms with E-state index in [1.54, 1.807) is 13.8 Å². The van der Waals surface area contributed by atoms with Crippen molar-refractivity contribution in [3.63, 3.8) is 0 Å². The van der Waals surface area contributed by atoms with Crippen LogP contribution in [0.5, 0.6) is 5.75 Å². The van der Waals surface area contributed by atoms with Gasteiger partial charge in [-0.25, -0.2) is 9.18 Å². The standard InChI is InChI=1S/C12H15FO4/c1-6(2)7-4-8(11(14)12(15)16)10(17-3)5-9(7)13/h4-6,11,14H,1-3H3,(H,15,16). The first-order valence-corrected chi connectivity index (χ1v) is 5.16. The van der Waals surface area contributed by atoms with Crippen LogP contribution < -0.4 is 4.74 Å². The molecular formula is C12H15FO4. The first-order valence-electron chi connectivity index (χ1n) is 5.16. The van der Waals surface area contributed by atoms with Crippen molar-refractivity contribution in [1.82, 2.24) is 0 Å². The van der Waals surface area contributed by atoms with Crippen LogP contribution in [0.4, 0.5) is 4.39 Å². The molecular weight excluding hydrogens is 227 g/mol. The summed E-state index contributed by atoms with van der Waals surface area (Å²) in [6, 6.07) is 2.43. The highest BCUT2D eigenvalue weighted by atomic mass is 19.1. The van der Waals surface area contributed by atoms with Crippen LogP contribution in [0, 0.1) is 5.82 Å². The van der Waals surface area contributed by atoms with Gasteiger partial charge in [0, 0.05) is 11.6 Å². The van der Waals surface area contributed by atoms with Crippen LogP contribution in [-0.4, -0.2) is 23.3 Å². The minimum Gasteiger partial charge on any atom is -0.496 e. The molecule has 5 heteroatoms. The third-order valence-electron chi connectivity index (χ3n) is 2.50. The van der Waals surface area contributed by atoms with Crippen LogP contribution in [0.1, 0.15) is 37.0 Å². The van der Waals surface area contributed by atoms with Gasteiger partial charge in [0.1, 0.15) is 11.6 Å². The van der Waals surface area contributed by atoms with E-state index in [4.69, 9.17) is 9.84 Å². The maximum Gasteiger partial charge on any atom is 0.337 e. The van der Waals surface area contributed by atoms with E-state index >= 15 is 0 Å². The van der Waals surface area contributed by atoms with Gasteiger partial charge >= 0.3 is 5.97 Å². The van der Waals surface area contributed by atoms with Gasteiger partial charge in [0.05, 0.1) is 7.11 Å². The number of aliphatic hydroxyl groups excluding tert-OH is 1. The number of ether oxygens (including phenoxy) is 1. The van der Waals surface area contributed by atoms with Crippen LogP contribution in [0.2, 0.25) is 0 Å². The van der Waals surface area contributed by atoms with Crippen molar-refractivity contribution < 1.29 is 24.1 Å². The number of aliphatic carboxylic acids is 1. The Bertz CT molecular complexity index is 429. The smallest absolute Gasteiger partial charge is 0.337 e. The van der Waals surface area contributed by atoms with Crippen molar-refractivity contribution in [3.8, 4) is 5.75 Å². The molecule has 0 amide bonds. The van der Waals surface area contributed by atoms with Crippen LogP contribution in [0.25, 0.3) is 0 Å². The molecule has 0 aliphatic heterocycles. The number of methoxy groups -OCH3 is 1. The lowest BCUT2D eigenvalue weighted by Crippen LogP contribution is -2.13. The maximum atomic E-state index is 13.6. The number of benzene rings is 1. The molecule has 0 aromatic heterocycles. The van der Waals surface area contributed by atoms with Crippen molar-refractivity contribution in [1.29, 1.82) is 0 Å². The predicted molar refractivity (Wildman–Crippen MR) is 59.6 cm³/mol. The molecule has 0 spiro atoms. The summed E-state index contributed by atoms with van der Waals surface area (Å²) < 4.78 is 18.5. The van der Waals surface area contributed by atoms with E-state index in [1.165, 1.54) is 13.2 Å². The summed E-state index contributed by atoms with van der Waals surface area (Å²) in [6.45, 7) is 3.56. The molecule has 0 fully saturated rings. The second kappa shape index (κ2) is 5.14. The average molecular weight is 242 g/mol. The molecule has 0 heterocycles. The molecule has 0 aliphatic rings.